The van der Waals surface area contributed by atoms with E-state index in [1.807, 2.05) is 25.1 Å². The average Bonchev–Trinajstić information content (AvgIpc) is 2.80. The Balaban J connectivity index is 2.05. The molecule has 0 atom stereocenters. The van der Waals surface area contributed by atoms with Gasteiger partial charge in [-0.15, -0.1) is 0 Å². The van der Waals surface area contributed by atoms with Gasteiger partial charge in [-0.1, -0.05) is 12.1 Å². The number of benzene rings is 1. The molecule has 0 aliphatic heterocycles. The average molecular weight is 253 g/mol. The van der Waals surface area contributed by atoms with Crippen molar-refractivity contribution in [1.82, 2.24) is 20.2 Å². The molecular formula is C13H11N5O. The van der Waals surface area contributed by atoms with E-state index < -0.39 is 5.91 Å². The lowest BCUT2D eigenvalue weighted by molar-refractivity contribution is 0.0990. The second-order valence-corrected chi connectivity index (χ2v) is 4.24. The van der Waals surface area contributed by atoms with Crippen LogP contribution < -0.4 is 5.73 Å². The molecule has 2 heterocycles. The number of fused-ring (bicyclic) bond motifs is 1. The third kappa shape index (κ3) is 1.93. The predicted molar refractivity (Wildman–Crippen MR) is 70.4 cm³/mol. The maximum Gasteiger partial charge on any atom is 0.286 e. The zero-order valence-electron chi connectivity index (χ0n) is 10.2. The minimum atomic E-state index is -0.634. The summed E-state index contributed by atoms with van der Waals surface area (Å²) in [6.45, 7) is 1.97. The molecule has 6 heteroatoms. The maximum absolute atomic E-state index is 10.9. The molecule has 0 saturated carbocycles. The third-order valence-electron chi connectivity index (χ3n) is 2.95. The molecule has 0 bridgehead atoms. The second kappa shape index (κ2) is 4.16. The zero-order chi connectivity index (χ0) is 13.4. The van der Waals surface area contributed by atoms with Crippen LogP contribution in [-0.4, -0.2) is 26.1 Å². The Kier molecular flexibility index (Phi) is 2.49. The Labute approximate surface area is 108 Å². The van der Waals surface area contributed by atoms with E-state index in [4.69, 9.17) is 5.73 Å². The van der Waals surface area contributed by atoms with E-state index in [1.165, 1.54) is 0 Å². The van der Waals surface area contributed by atoms with Crippen LogP contribution in [0.15, 0.2) is 30.6 Å². The summed E-state index contributed by atoms with van der Waals surface area (Å²) in [6.07, 6.45) is 3.15. The number of aryl methyl sites for hydroxylation is 1. The van der Waals surface area contributed by atoms with Gasteiger partial charge in [0.05, 0.1) is 5.52 Å². The van der Waals surface area contributed by atoms with Gasteiger partial charge in [-0.05, 0) is 18.6 Å². The van der Waals surface area contributed by atoms with E-state index in [9.17, 15) is 4.79 Å². The molecule has 0 radical (unpaired) electrons. The summed E-state index contributed by atoms with van der Waals surface area (Å²) in [5.74, 6) is -0.620. The highest BCUT2D eigenvalue weighted by Gasteiger charge is 2.07. The first-order chi connectivity index (χ1) is 9.15. The van der Waals surface area contributed by atoms with Crippen LogP contribution in [0.1, 0.15) is 16.3 Å². The molecule has 0 spiro atoms. The van der Waals surface area contributed by atoms with Crippen molar-refractivity contribution >= 4 is 16.8 Å². The Bertz CT molecular complexity index is 760. The summed E-state index contributed by atoms with van der Waals surface area (Å²) in [7, 11) is 0. The van der Waals surface area contributed by atoms with Crippen molar-refractivity contribution in [3.05, 3.63) is 42.1 Å². The molecule has 1 aromatic carbocycles. The highest BCUT2D eigenvalue weighted by Crippen LogP contribution is 2.23. The quantitative estimate of drug-likeness (QED) is 0.721. The summed E-state index contributed by atoms with van der Waals surface area (Å²) in [5.41, 5.74) is 8.77. The van der Waals surface area contributed by atoms with Gasteiger partial charge in [-0.2, -0.15) is 5.10 Å². The highest BCUT2D eigenvalue weighted by atomic mass is 16.1. The number of hydrogen-bond donors (Lipinski definition) is 2. The molecule has 3 N–H and O–H groups in total. The van der Waals surface area contributed by atoms with Crippen LogP contribution in [0.25, 0.3) is 22.0 Å². The molecular weight excluding hydrogens is 242 g/mol. The lowest BCUT2D eigenvalue weighted by Gasteiger charge is -2.01. The molecule has 3 aromatic rings. The molecule has 3 rings (SSSR count). The number of nitrogens with zero attached hydrogens (tertiary/aromatic N) is 3. The highest BCUT2D eigenvalue weighted by molar-refractivity contribution is 5.89. The van der Waals surface area contributed by atoms with Crippen LogP contribution in [0.5, 0.6) is 0 Å². The van der Waals surface area contributed by atoms with E-state index in [0.29, 0.717) is 0 Å². The number of nitrogens with one attached hydrogen (secondary N) is 1. The number of aromatic nitrogens is 4. The molecule has 0 aliphatic rings. The fraction of sp³-hybridized carbons (Fsp3) is 0.0769. The topological polar surface area (TPSA) is 97.5 Å². The Hall–Kier alpha value is -2.76. The number of nitrogens with two attached hydrogens (primary N) is 1. The van der Waals surface area contributed by atoms with Crippen molar-refractivity contribution in [1.29, 1.82) is 0 Å². The Morgan fingerprint density at radius 3 is 2.63 bits per heavy atom. The van der Waals surface area contributed by atoms with Crippen LogP contribution in [0.3, 0.4) is 0 Å². The van der Waals surface area contributed by atoms with E-state index in [1.54, 1.807) is 12.4 Å². The number of H-pyrrole nitrogens is 1. The van der Waals surface area contributed by atoms with Gasteiger partial charge in [-0.25, -0.2) is 9.97 Å². The van der Waals surface area contributed by atoms with Gasteiger partial charge in [0.25, 0.3) is 5.91 Å². The lowest BCUT2D eigenvalue weighted by Crippen LogP contribution is -2.14. The van der Waals surface area contributed by atoms with Crippen LogP contribution in [-0.2, 0) is 0 Å². The van der Waals surface area contributed by atoms with E-state index in [-0.39, 0.29) is 5.82 Å². The number of rotatable bonds is 2. The lowest BCUT2D eigenvalue weighted by atomic mass is 10.1. The fourth-order valence-corrected chi connectivity index (χ4v) is 1.93. The molecule has 0 fully saturated rings. The summed E-state index contributed by atoms with van der Waals surface area (Å²) in [4.78, 5) is 18.8. The maximum atomic E-state index is 10.9. The standard InChI is InChI=1S/C13H11N5O/c1-7-10-3-2-8(4-11(10)18-17-7)9-5-15-13(12(14)19)16-6-9/h2-6H,1H3,(H2,14,19)(H,17,18). The normalized spacial score (nSPS) is 10.8. The van der Waals surface area contributed by atoms with Crippen molar-refractivity contribution < 1.29 is 4.79 Å². The number of hydrogen-bond acceptors (Lipinski definition) is 4. The summed E-state index contributed by atoms with van der Waals surface area (Å²) in [6, 6.07) is 5.90. The molecule has 2 aromatic heterocycles. The summed E-state index contributed by atoms with van der Waals surface area (Å²) in [5, 5.41) is 8.23. The van der Waals surface area contributed by atoms with Gasteiger partial charge >= 0.3 is 0 Å². The largest absolute Gasteiger partial charge is 0.363 e. The van der Waals surface area contributed by atoms with E-state index >= 15 is 0 Å². The van der Waals surface area contributed by atoms with Crippen molar-refractivity contribution in [2.75, 3.05) is 0 Å². The van der Waals surface area contributed by atoms with Crippen molar-refractivity contribution in [2.45, 2.75) is 6.92 Å². The summed E-state index contributed by atoms with van der Waals surface area (Å²) < 4.78 is 0. The monoisotopic (exact) mass is 253 g/mol. The molecule has 0 unspecified atom stereocenters. The van der Waals surface area contributed by atoms with Gasteiger partial charge < -0.3 is 5.73 Å². The number of carbonyl (C=O) groups excluding carboxylic acids is 1. The van der Waals surface area contributed by atoms with Crippen molar-refractivity contribution in [3.63, 3.8) is 0 Å². The zero-order valence-corrected chi connectivity index (χ0v) is 10.2. The number of aromatic amines is 1. The third-order valence-corrected chi connectivity index (χ3v) is 2.95. The fourth-order valence-electron chi connectivity index (χ4n) is 1.93. The van der Waals surface area contributed by atoms with Gasteiger partial charge in [0.1, 0.15) is 0 Å². The first-order valence-corrected chi connectivity index (χ1v) is 5.72. The first-order valence-electron chi connectivity index (χ1n) is 5.72. The smallest absolute Gasteiger partial charge is 0.286 e. The second-order valence-electron chi connectivity index (χ2n) is 4.24. The summed E-state index contributed by atoms with van der Waals surface area (Å²) >= 11 is 0. The van der Waals surface area contributed by atoms with Crippen LogP contribution in [0.4, 0.5) is 0 Å². The Morgan fingerprint density at radius 1 is 1.21 bits per heavy atom. The van der Waals surface area contributed by atoms with Crippen molar-refractivity contribution in [2.24, 2.45) is 5.73 Å². The predicted octanol–water partition coefficient (Wildman–Crippen LogP) is 1.43. The molecule has 0 saturated heterocycles. The molecule has 6 nitrogen and oxygen atoms in total. The van der Waals surface area contributed by atoms with E-state index in [0.717, 1.165) is 27.7 Å². The van der Waals surface area contributed by atoms with Gasteiger partial charge in [0.2, 0.25) is 5.82 Å². The molecule has 94 valence electrons. The minimum Gasteiger partial charge on any atom is -0.363 e. The Morgan fingerprint density at radius 2 is 1.95 bits per heavy atom. The first kappa shape index (κ1) is 11.3. The minimum absolute atomic E-state index is 0.0143. The SMILES string of the molecule is Cc1[nH]nc2cc(-c3cnc(C(N)=O)nc3)ccc12. The molecule has 19 heavy (non-hydrogen) atoms. The van der Waals surface area contributed by atoms with Gasteiger partial charge in [0, 0.05) is 29.0 Å². The van der Waals surface area contributed by atoms with Crippen LogP contribution in [0.2, 0.25) is 0 Å². The number of amides is 1. The molecule has 1 amide bonds. The van der Waals surface area contributed by atoms with Crippen molar-refractivity contribution in [3.8, 4) is 11.1 Å². The van der Waals surface area contributed by atoms with E-state index in [2.05, 4.69) is 20.2 Å². The number of carbonyl (C=O) groups is 1. The molecule has 0 aliphatic carbocycles. The van der Waals surface area contributed by atoms with Gasteiger partial charge in [-0.3, -0.25) is 9.89 Å². The van der Waals surface area contributed by atoms with Crippen LogP contribution >= 0.6 is 0 Å². The van der Waals surface area contributed by atoms with Crippen LogP contribution in [0, 0.1) is 6.92 Å². The number of primary amides is 1. The van der Waals surface area contributed by atoms with Gasteiger partial charge in [0.15, 0.2) is 0 Å².